The molecule has 10 heteroatoms. The molecule has 2 aromatic rings. The Hall–Kier alpha value is -1.13. The summed E-state index contributed by atoms with van der Waals surface area (Å²) in [5, 5.41) is 7.71. The van der Waals surface area contributed by atoms with Crippen LogP contribution in [-0.4, -0.2) is 36.8 Å². The van der Waals surface area contributed by atoms with Crippen LogP contribution in [0.1, 0.15) is 27.2 Å². The minimum absolute atomic E-state index is 0.238. The van der Waals surface area contributed by atoms with E-state index in [0.29, 0.717) is 0 Å². The van der Waals surface area contributed by atoms with Gasteiger partial charge in [-0.05, 0) is 21.8 Å². The van der Waals surface area contributed by atoms with Crippen molar-refractivity contribution in [1.82, 2.24) is 0 Å². The highest BCUT2D eigenvalue weighted by Gasteiger charge is 2.87. The Labute approximate surface area is 191 Å². The molecule has 0 unspecified atom stereocenters. The van der Waals surface area contributed by atoms with Gasteiger partial charge in [-0.2, -0.15) is 0 Å². The third kappa shape index (κ3) is 4.59. The van der Waals surface area contributed by atoms with E-state index in [2.05, 4.69) is 0 Å². The molecule has 180 valence electrons. The molecule has 1 aliphatic rings. The molecule has 0 aliphatic heterocycles. The van der Waals surface area contributed by atoms with Crippen molar-refractivity contribution < 1.29 is 29.0 Å². The van der Waals surface area contributed by atoms with E-state index in [4.69, 9.17) is 16.0 Å². The van der Waals surface area contributed by atoms with Crippen LogP contribution >= 0.6 is 21.8 Å². The van der Waals surface area contributed by atoms with Gasteiger partial charge in [0.2, 0.25) is 0 Å². The molecule has 0 saturated heterocycles. The van der Waals surface area contributed by atoms with Crippen molar-refractivity contribution in [2.75, 3.05) is 13.2 Å². The fourth-order valence-corrected chi connectivity index (χ4v) is 12.2. The van der Waals surface area contributed by atoms with Crippen LogP contribution in [0.25, 0.3) is 0 Å². The van der Waals surface area contributed by atoms with E-state index in [0.717, 1.165) is 10.4 Å². The molecule has 3 rings (SSSR count). The van der Waals surface area contributed by atoms with Gasteiger partial charge in [-0.25, -0.2) is 0 Å². The first-order chi connectivity index (χ1) is 14.5. The number of aliphatic hydroxyl groups is 1. The summed E-state index contributed by atoms with van der Waals surface area (Å²) in [4.78, 5) is -2.27. The Bertz CT molecular complexity index is 914. The second-order valence-electron chi connectivity index (χ2n) is 9.43. The lowest BCUT2D eigenvalue weighted by Gasteiger charge is -2.44. The van der Waals surface area contributed by atoms with E-state index in [9.17, 15) is 24.5 Å². The van der Waals surface area contributed by atoms with Crippen molar-refractivity contribution in [2.45, 2.75) is 42.4 Å². The van der Waals surface area contributed by atoms with Crippen LogP contribution in [-0.2, 0) is 4.43 Å². The molecule has 1 saturated carbocycles. The van der Waals surface area contributed by atoms with E-state index < -0.39 is 52.6 Å². The summed E-state index contributed by atoms with van der Waals surface area (Å²) in [6.45, 7) is 4.71. The topological polar surface area (TPSA) is 29.5 Å². The van der Waals surface area contributed by atoms with Crippen molar-refractivity contribution in [2.24, 2.45) is 5.92 Å². The van der Waals surface area contributed by atoms with Crippen LogP contribution < -0.4 is 10.4 Å². The molecule has 0 heterocycles. The molecule has 3 atom stereocenters. The van der Waals surface area contributed by atoms with Crippen molar-refractivity contribution in [1.29, 1.82) is 0 Å². The highest BCUT2D eigenvalue weighted by molar-refractivity contribution is 8.46. The van der Waals surface area contributed by atoms with E-state index in [-0.39, 0.29) is 6.61 Å². The standard InChI is InChI=1S/C22H28ClF5O2SSi/c1-21(2,3)32(17-10-6-4-7-11-17,18-12-8-5-9-13-18)30-15-14-22(23)19(16-29)20(22)31(24,25,26,27)28/h4-13,19-20,29H,14-16H2,1-3H3/t19-,20-,22-/m1/s1. The van der Waals surface area contributed by atoms with Crippen molar-refractivity contribution in [3.05, 3.63) is 60.7 Å². The zero-order valence-corrected chi connectivity index (χ0v) is 20.7. The summed E-state index contributed by atoms with van der Waals surface area (Å²) < 4.78 is 73.9. The minimum Gasteiger partial charge on any atom is -0.407 e. The Morgan fingerprint density at radius 1 is 0.938 bits per heavy atom. The molecule has 32 heavy (non-hydrogen) atoms. The minimum atomic E-state index is -9.86. The quantitative estimate of drug-likeness (QED) is 0.257. The number of halogens is 6. The molecule has 0 radical (unpaired) electrons. The third-order valence-electron chi connectivity index (χ3n) is 6.24. The third-order valence-corrected chi connectivity index (χ3v) is 13.8. The van der Waals surface area contributed by atoms with Crippen molar-refractivity contribution in [3.63, 3.8) is 0 Å². The number of aliphatic hydroxyl groups excluding tert-OH is 1. The number of hydrogen-bond acceptors (Lipinski definition) is 2. The molecule has 1 aliphatic carbocycles. The van der Waals surface area contributed by atoms with Gasteiger partial charge in [-0.1, -0.05) is 101 Å². The average molecular weight is 515 g/mol. The van der Waals surface area contributed by atoms with Gasteiger partial charge in [-0.3, -0.25) is 0 Å². The highest BCUT2D eigenvalue weighted by Crippen LogP contribution is 3.06. The predicted octanol–water partition coefficient (Wildman–Crippen LogP) is 6.22. The van der Waals surface area contributed by atoms with Gasteiger partial charge in [0, 0.05) is 19.1 Å². The zero-order valence-electron chi connectivity index (χ0n) is 18.1. The van der Waals surface area contributed by atoms with Gasteiger partial charge in [0.15, 0.2) is 0 Å². The first-order valence-corrected chi connectivity index (χ1v) is 14.5. The number of alkyl halides is 1. The Balaban J connectivity index is 1.96. The van der Waals surface area contributed by atoms with E-state index in [1.165, 1.54) is 0 Å². The van der Waals surface area contributed by atoms with Crippen molar-refractivity contribution in [3.8, 4) is 0 Å². The summed E-state index contributed by atoms with van der Waals surface area (Å²) in [5.74, 6) is -1.75. The molecular formula is C22H28ClF5O2SSi. The van der Waals surface area contributed by atoms with Gasteiger partial charge in [0.1, 0.15) is 5.25 Å². The molecule has 1 fully saturated rings. The second-order valence-corrected chi connectivity index (χ2v) is 17.0. The predicted molar refractivity (Wildman–Crippen MR) is 124 cm³/mol. The molecule has 0 amide bonds. The molecule has 0 spiro atoms. The van der Waals surface area contributed by atoms with E-state index in [1.54, 1.807) is 0 Å². The Morgan fingerprint density at radius 2 is 1.38 bits per heavy atom. The molecule has 0 bridgehead atoms. The second kappa shape index (κ2) is 7.43. The van der Waals surface area contributed by atoms with Gasteiger partial charge in [0.25, 0.3) is 18.5 Å². The molecule has 0 aromatic heterocycles. The zero-order chi connectivity index (χ0) is 24.1. The van der Waals surface area contributed by atoms with Crippen LogP contribution in [0.2, 0.25) is 5.04 Å². The van der Waals surface area contributed by atoms with Crippen molar-refractivity contribution >= 4 is 40.5 Å². The molecule has 2 nitrogen and oxygen atoms in total. The van der Waals surface area contributed by atoms with Crippen LogP contribution in [0.15, 0.2) is 60.7 Å². The molecule has 2 aromatic carbocycles. The molecule has 1 N–H and O–H groups in total. The molecular weight excluding hydrogens is 487 g/mol. The normalized spacial score (nSPS) is 26.3. The van der Waals surface area contributed by atoms with E-state index in [1.807, 2.05) is 81.4 Å². The fraction of sp³-hybridized carbons (Fsp3) is 0.455. The van der Waals surface area contributed by atoms with Gasteiger partial charge >= 0.3 is 0 Å². The Morgan fingerprint density at radius 3 is 1.69 bits per heavy atom. The largest absolute Gasteiger partial charge is 0.407 e. The Kier molecular flexibility index (Phi) is 5.92. The van der Waals surface area contributed by atoms with Gasteiger partial charge in [0.05, 0.1) is 4.87 Å². The summed E-state index contributed by atoms with van der Waals surface area (Å²) in [7, 11) is -12.9. The summed E-state index contributed by atoms with van der Waals surface area (Å²) >= 11 is 6.08. The van der Waals surface area contributed by atoms with Crippen LogP contribution in [0, 0.1) is 5.92 Å². The van der Waals surface area contributed by atoms with Gasteiger partial charge in [-0.15, -0.1) is 11.6 Å². The highest BCUT2D eigenvalue weighted by atomic mass is 35.5. The fourth-order valence-electron chi connectivity index (χ4n) is 4.83. The lowest BCUT2D eigenvalue weighted by molar-refractivity contribution is 0.254. The monoisotopic (exact) mass is 514 g/mol. The van der Waals surface area contributed by atoms with E-state index >= 15 is 0 Å². The smallest absolute Gasteiger partial charge is 0.290 e. The van der Waals surface area contributed by atoms with Gasteiger partial charge < -0.3 is 9.53 Å². The first-order valence-electron chi connectivity index (χ1n) is 10.2. The summed E-state index contributed by atoms with van der Waals surface area (Å²) in [6, 6.07) is 18.9. The lowest BCUT2D eigenvalue weighted by atomic mass is 10.2. The number of rotatable bonds is 8. The number of benzene rings is 2. The average Bonchev–Trinajstić information content (AvgIpc) is 3.31. The first kappa shape index (κ1) is 25.5. The maximum absolute atomic E-state index is 13.5. The summed E-state index contributed by atoms with van der Waals surface area (Å²) in [6.07, 6.45) is -0.444. The summed E-state index contributed by atoms with van der Waals surface area (Å²) in [5.41, 5.74) is 0. The number of hydrogen-bond donors (Lipinski definition) is 1. The maximum atomic E-state index is 13.5. The lowest BCUT2D eigenvalue weighted by Crippen LogP contribution is -2.66. The SMILES string of the molecule is CC(C)(C)[Si](OCC[C@@]1(Cl)[C@H](CO)[C@H]1S(F)(F)(F)(F)F)(c1ccccc1)c1ccccc1. The van der Waals surface area contributed by atoms with Crippen LogP contribution in [0.3, 0.4) is 0 Å². The maximum Gasteiger partial charge on any atom is 0.290 e. The van der Waals surface area contributed by atoms with Crippen LogP contribution in [0.5, 0.6) is 0 Å². The van der Waals surface area contributed by atoms with Crippen LogP contribution in [0.4, 0.5) is 19.4 Å².